The second-order valence-electron chi connectivity index (χ2n) is 11.8. The Balaban J connectivity index is 1.75. The monoisotopic (exact) mass is 494 g/mol. The molecule has 1 unspecified atom stereocenters. The number of rotatable bonds is 7. The van der Waals surface area contributed by atoms with Gasteiger partial charge in [-0.05, 0) is 46.5 Å². The number of Topliss-reactive ketones (excluding diaryl/α,β-unsaturated/α-hetero) is 1. The van der Waals surface area contributed by atoms with Crippen LogP contribution in [0.2, 0.25) is 5.04 Å². The lowest BCUT2D eigenvalue weighted by Gasteiger charge is -2.51. The summed E-state index contributed by atoms with van der Waals surface area (Å²) < 4.78 is 19.3. The lowest BCUT2D eigenvalue weighted by molar-refractivity contribution is -0.186. The van der Waals surface area contributed by atoms with Crippen molar-refractivity contribution in [2.24, 2.45) is 11.3 Å². The highest BCUT2D eigenvalue weighted by Gasteiger charge is 2.55. The molecule has 1 heterocycles. The maximum Gasteiger partial charge on any atom is 0.261 e. The topological polar surface area (TPSA) is 44.8 Å². The van der Waals surface area contributed by atoms with Crippen LogP contribution in [0.5, 0.6) is 0 Å². The average molecular weight is 495 g/mol. The number of carbonyl (C=O) groups is 1. The molecule has 4 nitrogen and oxygen atoms in total. The quantitative estimate of drug-likeness (QED) is 0.478. The molecule has 0 radical (unpaired) electrons. The highest BCUT2D eigenvalue weighted by atomic mass is 28.4. The van der Waals surface area contributed by atoms with Crippen molar-refractivity contribution < 1.29 is 18.7 Å². The standard InChI is InChI=1S/C30H42O4Si/c1-23-21-27(30(5,22-26(23)31)18-17-28-32-19-12-20-33-28)34-35(29(2,3)4,24-13-8-6-9-14-24)25-15-10-7-11-16-25/h6-11,13-16,23,27-28H,12,17-22H2,1-5H3/t23?,27-,30-/m0/s1. The lowest BCUT2D eigenvalue weighted by Crippen LogP contribution is -2.69. The number of hydrogen-bond donors (Lipinski definition) is 0. The molecule has 2 aromatic carbocycles. The van der Waals surface area contributed by atoms with E-state index in [0.717, 1.165) is 38.9 Å². The van der Waals surface area contributed by atoms with Crippen LogP contribution in [-0.4, -0.2) is 39.7 Å². The zero-order chi connectivity index (χ0) is 25.1. The fourth-order valence-electron chi connectivity index (χ4n) is 5.92. The third kappa shape index (κ3) is 5.48. The first-order valence-electron chi connectivity index (χ1n) is 13.2. The molecular formula is C30H42O4Si. The summed E-state index contributed by atoms with van der Waals surface area (Å²) in [4.78, 5) is 13.0. The number of ether oxygens (including phenoxy) is 2. The smallest absolute Gasteiger partial charge is 0.261 e. The molecule has 0 spiro atoms. The Morgan fingerprint density at radius 2 is 1.51 bits per heavy atom. The molecule has 1 saturated carbocycles. The third-order valence-corrected chi connectivity index (χ3v) is 13.1. The van der Waals surface area contributed by atoms with Crippen molar-refractivity contribution in [1.82, 2.24) is 0 Å². The van der Waals surface area contributed by atoms with Gasteiger partial charge < -0.3 is 13.9 Å². The fraction of sp³-hybridized carbons (Fsp3) is 0.567. The molecule has 1 saturated heterocycles. The first-order valence-corrected chi connectivity index (χ1v) is 15.1. The Kier molecular flexibility index (Phi) is 8.01. The summed E-state index contributed by atoms with van der Waals surface area (Å²) >= 11 is 0. The molecule has 1 aliphatic heterocycles. The second-order valence-corrected chi connectivity index (χ2v) is 16.0. The van der Waals surface area contributed by atoms with E-state index in [-0.39, 0.29) is 28.8 Å². The lowest BCUT2D eigenvalue weighted by atomic mass is 9.67. The van der Waals surface area contributed by atoms with E-state index in [9.17, 15) is 4.79 Å². The van der Waals surface area contributed by atoms with Gasteiger partial charge in [-0.15, -0.1) is 0 Å². The Morgan fingerprint density at radius 1 is 0.971 bits per heavy atom. The molecule has 3 atom stereocenters. The Labute approximate surface area is 212 Å². The van der Waals surface area contributed by atoms with E-state index in [1.165, 1.54) is 10.4 Å². The minimum atomic E-state index is -2.72. The fourth-order valence-corrected chi connectivity index (χ4v) is 10.7. The van der Waals surface area contributed by atoms with Crippen LogP contribution in [0.25, 0.3) is 0 Å². The highest BCUT2D eigenvalue weighted by molar-refractivity contribution is 6.99. The summed E-state index contributed by atoms with van der Waals surface area (Å²) in [7, 11) is -2.72. The van der Waals surface area contributed by atoms with Crippen LogP contribution in [0.15, 0.2) is 60.7 Å². The summed E-state index contributed by atoms with van der Waals surface area (Å²) in [5.74, 6) is 0.355. The van der Waals surface area contributed by atoms with Crippen molar-refractivity contribution in [2.75, 3.05) is 13.2 Å². The van der Waals surface area contributed by atoms with Crippen LogP contribution in [0.1, 0.15) is 66.7 Å². The maximum atomic E-state index is 13.0. The van der Waals surface area contributed by atoms with E-state index >= 15 is 0 Å². The van der Waals surface area contributed by atoms with Gasteiger partial charge in [0.25, 0.3) is 8.32 Å². The Hall–Kier alpha value is -1.79. The molecule has 5 heteroatoms. The van der Waals surface area contributed by atoms with Gasteiger partial charge in [0.2, 0.25) is 0 Å². The summed E-state index contributed by atoms with van der Waals surface area (Å²) in [6.07, 6.45) is 3.69. The van der Waals surface area contributed by atoms with Crippen LogP contribution >= 0.6 is 0 Å². The van der Waals surface area contributed by atoms with Crippen molar-refractivity contribution in [3.05, 3.63) is 60.7 Å². The van der Waals surface area contributed by atoms with Crippen molar-refractivity contribution >= 4 is 24.5 Å². The predicted molar refractivity (Wildman–Crippen MR) is 144 cm³/mol. The molecule has 2 fully saturated rings. The van der Waals surface area contributed by atoms with Crippen molar-refractivity contribution in [3.63, 3.8) is 0 Å². The van der Waals surface area contributed by atoms with Crippen molar-refractivity contribution in [1.29, 1.82) is 0 Å². The van der Waals surface area contributed by atoms with Crippen molar-refractivity contribution in [3.8, 4) is 0 Å². The normalized spacial score (nSPS) is 26.6. The second kappa shape index (κ2) is 10.7. The Bertz CT molecular complexity index is 925. The van der Waals surface area contributed by atoms with E-state index in [1.54, 1.807) is 0 Å². The largest absolute Gasteiger partial charge is 0.404 e. The van der Waals surface area contributed by atoms with Gasteiger partial charge >= 0.3 is 0 Å². The predicted octanol–water partition coefficient (Wildman–Crippen LogP) is 5.48. The van der Waals surface area contributed by atoms with E-state index in [4.69, 9.17) is 13.9 Å². The van der Waals surface area contributed by atoms with E-state index in [2.05, 4.69) is 95.3 Å². The molecule has 2 aromatic rings. The van der Waals surface area contributed by atoms with Gasteiger partial charge in [-0.3, -0.25) is 4.79 Å². The molecule has 0 amide bonds. The molecule has 2 aliphatic rings. The molecular weight excluding hydrogens is 452 g/mol. The van der Waals surface area contributed by atoms with Crippen molar-refractivity contribution in [2.45, 2.75) is 84.2 Å². The average Bonchev–Trinajstić information content (AvgIpc) is 2.85. The third-order valence-electron chi connectivity index (χ3n) is 8.06. The van der Waals surface area contributed by atoms with Gasteiger partial charge in [-0.2, -0.15) is 0 Å². The zero-order valence-corrected chi connectivity index (χ0v) is 23.1. The van der Waals surface area contributed by atoms with Gasteiger partial charge in [0.15, 0.2) is 6.29 Å². The molecule has 0 N–H and O–H groups in total. The van der Waals surface area contributed by atoms with Crippen LogP contribution in [-0.2, 0) is 18.7 Å². The van der Waals surface area contributed by atoms with Gasteiger partial charge in [0, 0.05) is 12.3 Å². The Morgan fingerprint density at radius 3 is 2.03 bits per heavy atom. The van der Waals surface area contributed by atoms with Gasteiger partial charge in [0.1, 0.15) is 5.78 Å². The molecule has 4 rings (SSSR count). The minimum absolute atomic E-state index is 0.00784. The summed E-state index contributed by atoms with van der Waals surface area (Å²) in [5.41, 5.74) is -0.263. The highest BCUT2D eigenvalue weighted by Crippen LogP contribution is 2.47. The number of hydrogen-bond acceptors (Lipinski definition) is 4. The van der Waals surface area contributed by atoms with E-state index < -0.39 is 8.32 Å². The number of benzene rings is 2. The molecule has 35 heavy (non-hydrogen) atoms. The summed E-state index contributed by atoms with van der Waals surface area (Å²) in [5, 5.41) is 2.46. The van der Waals surface area contributed by atoms with E-state index in [0.29, 0.717) is 12.2 Å². The summed E-state index contributed by atoms with van der Waals surface area (Å²) in [6, 6.07) is 21.6. The number of carbonyl (C=O) groups excluding carboxylic acids is 1. The molecule has 190 valence electrons. The molecule has 0 bridgehead atoms. The van der Waals surface area contributed by atoms with E-state index in [1.807, 2.05) is 0 Å². The molecule has 1 aliphatic carbocycles. The molecule has 0 aromatic heterocycles. The first kappa shape index (κ1) is 26.3. The van der Waals surface area contributed by atoms with Gasteiger partial charge in [0.05, 0.1) is 19.3 Å². The maximum absolute atomic E-state index is 13.0. The van der Waals surface area contributed by atoms with Crippen LogP contribution in [0.3, 0.4) is 0 Å². The van der Waals surface area contributed by atoms with Crippen LogP contribution in [0, 0.1) is 11.3 Å². The SMILES string of the molecule is CC1C[C@H](O[Si](c2ccccc2)(c2ccccc2)C(C)(C)C)[C@@](C)(CCC2OCCCO2)CC1=O. The van der Waals surface area contributed by atoms with Gasteiger partial charge in [-0.25, -0.2) is 0 Å². The van der Waals surface area contributed by atoms with Crippen LogP contribution in [0.4, 0.5) is 0 Å². The zero-order valence-electron chi connectivity index (χ0n) is 22.1. The van der Waals surface area contributed by atoms with Crippen LogP contribution < -0.4 is 10.4 Å². The number of ketones is 1. The minimum Gasteiger partial charge on any atom is -0.404 e. The first-order chi connectivity index (χ1) is 16.7. The van der Waals surface area contributed by atoms with Gasteiger partial charge in [-0.1, -0.05) is 95.3 Å². The summed E-state index contributed by atoms with van der Waals surface area (Å²) in [6.45, 7) is 12.8.